The number of halogens is 1. The molecule has 1 aromatic heterocycles. The normalized spacial score (nSPS) is 10.2. The van der Waals surface area contributed by atoms with Crippen molar-refractivity contribution >= 4 is 21.8 Å². The van der Waals surface area contributed by atoms with E-state index < -0.39 is 0 Å². The molecule has 0 spiro atoms. The first-order chi connectivity index (χ1) is 6.09. The summed E-state index contributed by atoms with van der Waals surface area (Å²) in [6.07, 6.45) is 3.15. The molecule has 1 amide bonds. The number of hydrazine groups is 1. The number of amides is 1. The predicted molar refractivity (Wildman–Crippen MR) is 53.1 cm³/mol. The highest BCUT2D eigenvalue weighted by Gasteiger charge is 2.05. The summed E-state index contributed by atoms with van der Waals surface area (Å²) in [4.78, 5) is 15.3. The van der Waals surface area contributed by atoms with Gasteiger partial charge in [-0.05, 0) is 22.0 Å². The number of carbonyl (C=O) groups excluding carboxylic acids is 1. The van der Waals surface area contributed by atoms with E-state index in [4.69, 9.17) is 0 Å². The zero-order valence-corrected chi connectivity index (χ0v) is 9.00. The maximum Gasteiger partial charge on any atom is 0.267 e. The van der Waals surface area contributed by atoms with Gasteiger partial charge in [-0.25, -0.2) is 5.01 Å². The van der Waals surface area contributed by atoms with Crippen LogP contribution in [0.4, 0.5) is 0 Å². The summed E-state index contributed by atoms with van der Waals surface area (Å²) in [5.41, 5.74) is 3.15. The molecule has 0 saturated heterocycles. The topological polar surface area (TPSA) is 45.2 Å². The highest BCUT2D eigenvalue weighted by atomic mass is 79.9. The molecule has 5 heteroatoms. The summed E-state index contributed by atoms with van der Waals surface area (Å²) in [6, 6.07) is 1.71. The zero-order chi connectivity index (χ0) is 9.84. The van der Waals surface area contributed by atoms with Gasteiger partial charge in [0.15, 0.2) is 0 Å². The van der Waals surface area contributed by atoms with E-state index in [1.54, 1.807) is 31.4 Å². The van der Waals surface area contributed by atoms with Crippen molar-refractivity contribution in [2.45, 2.75) is 0 Å². The lowest BCUT2D eigenvalue weighted by atomic mass is 10.3. The second-order valence-corrected chi connectivity index (χ2v) is 3.64. The van der Waals surface area contributed by atoms with Crippen LogP contribution in [0.2, 0.25) is 0 Å². The SMILES string of the molecule is CN(C)NC(=O)c1cncc(Br)c1. The van der Waals surface area contributed by atoms with Crippen molar-refractivity contribution in [2.75, 3.05) is 14.1 Å². The quantitative estimate of drug-likeness (QED) is 0.791. The molecule has 0 bridgehead atoms. The Labute approximate surface area is 85.1 Å². The van der Waals surface area contributed by atoms with Crippen LogP contribution in [-0.2, 0) is 0 Å². The number of nitrogens with one attached hydrogen (secondary N) is 1. The number of pyridine rings is 1. The Morgan fingerprint density at radius 3 is 2.77 bits per heavy atom. The number of carbonyl (C=O) groups is 1. The van der Waals surface area contributed by atoms with Gasteiger partial charge in [-0.2, -0.15) is 0 Å². The lowest BCUT2D eigenvalue weighted by Crippen LogP contribution is -2.36. The first-order valence-electron chi connectivity index (χ1n) is 3.68. The van der Waals surface area contributed by atoms with Gasteiger partial charge in [0.25, 0.3) is 5.91 Å². The summed E-state index contributed by atoms with van der Waals surface area (Å²) >= 11 is 3.24. The van der Waals surface area contributed by atoms with E-state index in [0.717, 1.165) is 4.47 Å². The molecule has 13 heavy (non-hydrogen) atoms. The highest BCUT2D eigenvalue weighted by molar-refractivity contribution is 9.10. The van der Waals surface area contributed by atoms with E-state index in [1.165, 1.54) is 6.20 Å². The van der Waals surface area contributed by atoms with E-state index in [9.17, 15) is 4.79 Å². The van der Waals surface area contributed by atoms with Crippen LogP contribution in [0.25, 0.3) is 0 Å². The van der Waals surface area contributed by atoms with Crippen LogP contribution in [-0.4, -0.2) is 30.0 Å². The molecule has 1 aromatic rings. The second kappa shape index (κ2) is 4.34. The van der Waals surface area contributed by atoms with E-state index in [1.807, 2.05) is 0 Å². The van der Waals surface area contributed by atoms with Crippen molar-refractivity contribution in [2.24, 2.45) is 0 Å². The molecular formula is C8H10BrN3O. The van der Waals surface area contributed by atoms with Crippen LogP contribution in [0.3, 0.4) is 0 Å². The lowest BCUT2D eigenvalue weighted by molar-refractivity contribution is 0.0856. The van der Waals surface area contributed by atoms with Gasteiger partial charge in [0.05, 0.1) is 5.56 Å². The molecule has 0 radical (unpaired) electrons. The van der Waals surface area contributed by atoms with Crippen molar-refractivity contribution in [1.29, 1.82) is 0 Å². The summed E-state index contributed by atoms with van der Waals surface area (Å²) in [5.74, 6) is -0.168. The molecule has 70 valence electrons. The van der Waals surface area contributed by atoms with E-state index >= 15 is 0 Å². The molecule has 0 aliphatic rings. The minimum Gasteiger partial charge on any atom is -0.285 e. The van der Waals surface area contributed by atoms with Crippen molar-refractivity contribution in [3.05, 3.63) is 28.5 Å². The fraction of sp³-hybridized carbons (Fsp3) is 0.250. The van der Waals surface area contributed by atoms with Gasteiger partial charge in [-0.15, -0.1) is 0 Å². The fourth-order valence-electron chi connectivity index (χ4n) is 0.804. The van der Waals surface area contributed by atoms with Gasteiger partial charge >= 0.3 is 0 Å². The third-order valence-electron chi connectivity index (χ3n) is 1.29. The second-order valence-electron chi connectivity index (χ2n) is 2.73. The summed E-state index contributed by atoms with van der Waals surface area (Å²) in [7, 11) is 3.51. The number of hydrogen-bond donors (Lipinski definition) is 1. The summed E-state index contributed by atoms with van der Waals surface area (Å²) in [6.45, 7) is 0. The number of rotatable bonds is 2. The van der Waals surface area contributed by atoms with E-state index in [0.29, 0.717) is 5.56 Å². The van der Waals surface area contributed by atoms with Crippen molar-refractivity contribution in [1.82, 2.24) is 15.4 Å². The zero-order valence-electron chi connectivity index (χ0n) is 7.41. The van der Waals surface area contributed by atoms with Gasteiger partial charge in [0.2, 0.25) is 0 Å². The lowest BCUT2D eigenvalue weighted by Gasteiger charge is -2.11. The Balaban J connectivity index is 2.77. The van der Waals surface area contributed by atoms with Crippen molar-refractivity contribution in [3.8, 4) is 0 Å². The van der Waals surface area contributed by atoms with Crippen LogP contribution in [0, 0.1) is 0 Å². The Morgan fingerprint density at radius 2 is 2.23 bits per heavy atom. The van der Waals surface area contributed by atoms with Crippen LogP contribution in [0.1, 0.15) is 10.4 Å². The molecule has 1 rings (SSSR count). The molecule has 0 aliphatic heterocycles. The molecule has 1 N–H and O–H groups in total. The smallest absolute Gasteiger partial charge is 0.267 e. The molecule has 1 heterocycles. The Hall–Kier alpha value is -0.940. The van der Waals surface area contributed by atoms with Crippen LogP contribution >= 0.6 is 15.9 Å². The third-order valence-corrected chi connectivity index (χ3v) is 1.73. The predicted octanol–water partition coefficient (Wildman–Crippen LogP) is 1.05. The molecule has 4 nitrogen and oxygen atoms in total. The number of hydrogen-bond acceptors (Lipinski definition) is 3. The first-order valence-corrected chi connectivity index (χ1v) is 4.48. The Bertz CT molecular complexity index is 314. The highest BCUT2D eigenvalue weighted by Crippen LogP contribution is 2.09. The maximum absolute atomic E-state index is 11.4. The van der Waals surface area contributed by atoms with E-state index in [-0.39, 0.29) is 5.91 Å². The van der Waals surface area contributed by atoms with Gasteiger partial charge < -0.3 is 0 Å². The molecule has 0 fully saturated rings. The minimum atomic E-state index is -0.168. The first kappa shape index (κ1) is 10.1. The maximum atomic E-state index is 11.4. The largest absolute Gasteiger partial charge is 0.285 e. The number of aromatic nitrogens is 1. The minimum absolute atomic E-state index is 0.168. The van der Waals surface area contributed by atoms with Crippen LogP contribution in [0.15, 0.2) is 22.9 Å². The molecule has 0 unspecified atom stereocenters. The average molecular weight is 244 g/mol. The van der Waals surface area contributed by atoms with Gasteiger partial charge in [-0.1, -0.05) is 0 Å². The third kappa shape index (κ3) is 3.12. The Kier molecular flexibility index (Phi) is 3.39. The average Bonchev–Trinajstić information content (AvgIpc) is 2.03. The van der Waals surface area contributed by atoms with Crippen molar-refractivity contribution < 1.29 is 4.79 Å². The summed E-state index contributed by atoms with van der Waals surface area (Å²) < 4.78 is 0.791. The molecule has 0 saturated carbocycles. The molecular weight excluding hydrogens is 234 g/mol. The molecule has 0 aliphatic carbocycles. The van der Waals surface area contributed by atoms with Gasteiger partial charge in [0, 0.05) is 31.0 Å². The Morgan fingerprint density at radius 1 is 1.54 bits per heavy atom. The standard InChI is InChI=1S/C8H10BrN3O/c1-12(2)11-8(13)6-3-7(9)5-10-4-6/h3-5H,1-2H3,(H,11,13). The number of nitrogens with zero attached hydrogens (tertiary/aromatic N) is 2. The van der Waals surface area contributed by atoms with Gasteiger partial charge in [0.1, 0.15) is 0 Å². The summed E-state index contributed by atoms with van der Waals surface area (Å²) in [5, 5.41) is 1.59. The van der Waals surface area contributed by atoms with Crippen LogP contribution < -0.4 is 5.43 Å². The van der Waals surface area contributed by atoms with Crippen molar-refractivity contribution in [3.63, 3.8) is 0 Å². The molecule has 0 atom stereocenters. The van der Waals surface area contributed by atoms with Crippen LogP contribution in [0.5, 0.6) is 0 Å². The van der Waals surface area contributed by atoms with Gasteiger partial charge in [-0.3, -0.25) is 15.2 Å². The molecule has 0 aromatic carbocycles. The van der Waals surface area contributed by atoms with E-state index in [2.05, 4.69) is 26.3 Å². The monoisotopic (exact) mass is 243 g/mol. The fourth-order valence-corrected chi connectivity index (χ4v) is 1.17.